The van der Waals surface area contributed by atoms with E-state index < -0.39 is 0 Å². The van der Waals surface area contributed by atoms with E-state index in [1.165, 1.54) is 15.1 Å². The molecule has 0 amide bonds. The van der Waals surface area contributed by atoms with Gasteiger partial charge < -0.3 is 5.73 Å². The molecule has 0 aromatic carbocycles. The van der Waals surface area contributed by atoms with Crippen LogP contribution in [0.15, 0.2) is 12.3 Å². The molecule has 0 aliphatic rings. The Hall–Kier alpha value is -1.09. The summed E-state index contributed by atoms with van der Waals surface area (Å²) in [5.74, 6) is 0.648. The van der Waals surface area contributed by atoms with Crippen LogP contribution in [0.4, 0.5) is 5.82 Å². The number of rotatable bonds is 0. The lowest BCUT2D eigenvalue weighted by Gasteiger charge is -1.95. The van der Waals surface area contributed by atoms with Gasteiger partial charge in [-0.1, -0.05) is 0 Å². The maximum absolute atomic E-state index is 5.77. The highest BCUT2D eigenvalue weighted by Gasteiger charge is 2.07. The lowest BCUT2D eigenvalue weighted by Crippen LogP contribution is -1.89. The molecular formula is C9H10N2S. The van der Waals surface area contributed by atoms with Gasteiger partial charge in [0.05, 0.1) is 0 Å². The lowest BCUT2D eigenvalue weighted by atomic mass is 10.2. The van der Waals surface area contributed by atoms with Gasteiger partial charge in [-0.3, -0.25) is 0 Å². The van der Waals surface area contributed by atoms with E-state index in [1.54, 1.807) is 17.5 Å². The number of fused-ring (bicyclic) bond motifs is 1. The molecule has 0 aliphatic carbocycles. The molecule has 2 rings (SSSR count). The van der Waals surface area contributed by atoms with Crippen molar-refractivity contribution in [3.63, 3.8) is 0 Å². The third-order valence-corrected chi connectivity index (χ3v) is 3.28. The molecule has 0 spiro atoms. The first-order valence-corrected chi connectivity index (χ1v) is 4.62. The summed E-state index contributed by atoms with van der Waals surface area (Å²) in [7, 11) is 0. The fraction of sp³-hybridized carbons (Fsp3) is 0.222. The number of anilines is 1. The standard InChI is InChI=1S/C9H10N2S/c1-5-6(2)12-7-3-4-11-9(10)8(5)7/h3-4H,1-2H3,(H2,10,11). The van der Waals surface area contributed by atoms with Crippen molar-refractivity contribution in [3.05, 3.63) is 22.7 Å². The summed E-state index contributed by atoms with van der Waals surface area (Å²) in [5.41, 5.74) is 7.03. The molecule has 2 N–H and O–H groups in total. The normalized spacial score (nSPS) is 10.8. The number of nitrogen functional groups attached to an aromatic ring is 1. The van der Waals surface area contributed by atoms with Crippen LogP contribution < -0.4 is 5.73 Å². The predicted molar refractivity (Wildman–Crippen MR) is 53.5 cm³/mol. The first-order chi connectivity index (χ1) is 5.70. The van der Waals surface area contributed by atoms with Crippen molar-refractivity contribution in [1.82, 2.24) is 4.98 Å². The molecule has 3 heteroatoms. The topological polar surface area (TPSA) is 38.9 Å². The van der Waals surface area contributed by atoms with E-state index in [0.717, 1.165) is 5.39 Å². The van der Waals surface area contributed by atoms with Crippen molar-refractivity contribution in [2.24, 2.45) is 0 Å². The summed E-state index contributed by atoms with van der Waals surface area (Å²) in [6.07, 6.45) is 1.76. The molecule has 2 nitrogen and oxygen atoms in total. The van der Waals surface area contributed by atoms with E-state index >= 15 is 0 Å². The van der Waals surface area contributed by atoms with Crippen LogP contribution >= 0.6 is 11.3 Å². The second kappa shape index (κ2) is 2.45. The van der Waals surface area contributed by atoms with E-state index in [4.69, 9.17) is 5.73 Å². The summed E-state index contributed by atoms with van der Waals surface area (Å²) in [6, 6.07) is 2.01. The number of aromatic nitrogens is 1. The van der Waals surface area contributed by atoms with Crippen LogP contribution in [0.25, 0.3) is 10.1 Å². The molecule has 62 valence electrons. The SMILES string of the molecule is Cc1sc2ccnc(N)c2c1C. The van der Waals surface area contributed by atoms with E-state index in [-0.39, 0.29) is 0 Å². The molecule has 2 aromatic rings. The van der Waals surface area contributed by atoms with Crippen molar-refractivity contribution in [2.75, 3.05) is 5.73 Å². The van der Waals surface area contributed by atoms with Gasteiger partial charge in [0.15, 0.2) is 0 Å². The zero-order valence-electron chi connectivity index (χ0n) is 7.09. The Balaban J connectivity index is 2.97. The van der Waals surface area contributed by atoms with Crippen LogP contribution in [0, 0.1) is 13.8 Å². The van der Waals surface area contributed by atoms with Crippen molar-refractivity contribution in [1.29, 1.82) is 0 Å². The Morgan fingerprint density at radius 3 is 2.83 bits per heavy atom. The third kappa shape index (κ3) is 0.898. The third-order valence-electron chi connectivity index (χ3n) is 2.11. The second-order valence-corrected chi connectivity index (χ2v) is 4.11. The summed E-state index contributed by atoms with van der Waals surface area (Å²) in [6.45, 7) is 4.20. The van der Waals surface area contributed by atoms with Crippen LogP contribution in [0.5, 0.6) is 0 Å². The van der Waals surface area contributed by atoms with Crippen LogP contribution in [0.2, 0.25) is 0 Å². The van der Waals surface area contributed by atoms with Crippen LogP contribution in [-0.2, 0) is 0 Å². The molecular weight excluding hydrogens is 168 g/mol. The summed E-state index contributed by atoms with van der Waals surface area (Å²) < 4.78 is 1.23. The lowest BCUT2D eigenvalue weighted by molar-refractivity contribution is 1.36. The number of aryl methyl sites for hydroxylation is 2. The van der Waals surface area contributed by atoms with Crippen molar-refractivity contribution < 1.29 is 0 Å². The number of hydrogen-bond acceptors (Lipinski definition) is 3. The summed E-state index contributed by atoms with van der Waals surface area (Å²) >= 11 is 1.77. The molecule has 2 heterocycles. The molecule has 0 aliphatic heterocycles. The Labute approximate surface area is 75.0 Å². The molecule has 0 atom stereocenters. The zero-order valence-corrected chi connectivity index (χ0v) is 7.90. The van der Waals surface area contributed by atoms with Gasteiger partial charge in [0.2, 0.25) is 0 Å². The second-order valence-electron chi connectivity index (χ2n) is 2.85. The van der Waals surface area contributed by atoms with Gasteiger partial charge in [-0.25, -0.2) is 4.98 Å². The first kappa shape index (κ1) is 7.55. The highest BCUT2D eigenvalue weighted by Crippen LogP contribution is 2.32. The number of nitrogens with zero attached hydrogens (tertiary/aromatic N) is 1. The van der Waals surface area contributed by atoms with Gasteiger partial charge in [0, 0.05) is 21.2 Å². The monoisotopic (exact) mass is 178 g/mol. The van der Waals surface area contributed by atoms with Gasteiger partial charge in [0.1, 0.15) is 5.82 Å². The number of pyridine rings is 1. The molecule has 2 aromatic heterocycles. The number of thiophene rings is 1. The van der Waals surface area contributed by atoms with Gasteiger partial charge in [-0.2, -0.15) is 0 Å². The van der Waals surface area contributed by atoms with Crippen molar-refractivity contribution >= 4 is 27.2 Å². The Bertz CT molecular complexity index is 431. The minimum absolute atomic E-state index is 0.648. The number of hydrogen-bond donors (Lipinski definition) is 1. The minimum atomic E-state index is 0.648. The molecule has 0 saturated heterocycles. The molecule has 0 unspecified atom stereocenters. The largest absolute Gasteiger partial charge is 0.383 e. The quantitative estimate of drug-likeness (QED) is 0.673. The molecule has 0 saturated carbocycles. The predicted octanol–water partition coefficient (Wildman–Crippen LogP) is 2.50. The molecule has 0 radical (unpaired) electrons. The van der Waals surface area contributed by atoms with Crippen molar-refractivity contribution in [3.8, 4) is 0 Å². The van der Waals surface area contributed by atoms with Gasteiger partial charge in [-0.15, -0.1) is 11.3 Å². The van der Waals surface area contributed by atoms with Gasteiger partial charge in [-0.05, 0) is 25.5 Å². The average Bonchev–Trinajstić information content (AvgIpc) is 2.29. The number of nitrogens with two attached hydrogens (primary N) is 1. The maximum Gasteiger partial charge on any atom is 0.132 e. The Kier molecular flexibility index (Phi) is 1.54. The minimum Gasteiger partial charge on any atom is -0.383 e. The highest BCUT2D eigenvalue weighted by molar-refractivity contribution is 7.19. The Morgan fingerprint density at radius 1 is 1.42 bits per heavy atom. The smallest absolute Gasteiger partial charge is 0.132 e. The van der Waals surface area contributed by atoms with E-state index in [1.807, 2.05) is 6.07 Å². The Morgan fingerprint density at radius 2 is 2.17 bits per heavy atom. The summed E-state index contributed by atoms with van der Waals surface area (Å²) in [4.78, 5) is 5.39. The van der Waals surface area contributed by atoms with Crippen molar-refractivity contribution in [2.45, 2.75) is 13.8 Å². The molecule has 12 heavy (non-hydrogen) atoms. The van der Waals surface area contributed by atoms with E-state index in [9.17, 15) is 0 Å². The van der Waals surface area contributed by atoms with Crippen LogP contribution in [0.3, 0.4) is 0 Å². The molecule has 0 bridgehead atoms. The maximum atomic E-state index is 5.77. The van der Waals surface area contributed by atoms with E-state index in [2.05, 4.69) is 18.8 Å². The first-order valence-electron chi connectivity index (χ1n) is 3.80. The summed E-state index contributed by atoms with van der Waals surface area (Å²) in [5, 5.41) is 1.13. The average molecular weight is 178 g/mol. The van der Waals surface area contributed by atoms with Gasteiger partial charge >= 0.3 is 0 Å². The van der Waals surface area contributed by atoms with Gasteiger partial charge in [0.25, 0.3) is 0 Å². The highest BCUT2D eigenvalue weighted by atomic mass is 32.1. The van der Waals surface area contributed by atoms with E-state index in [0.29, 0.717) is 5.82 Å². The molecule has 0 fully saturated rings. The van der Waals surface area contributed by atoms with Crippen LogP contribution in [-0.4, -0.2) is 4.98 Å². The fourth-order valence-electron chi connectivity index (χ4n) is 1.34. The zero-order chi connectivity index (χ0) is 8.72. The van der Waals surface area contributed by atoms with Crippen LogP contribution in [0.1, 0.15) is 10.4 Å². The fourth-order valence-corrected chi connectivity index (χ4v) is 2.41.